The lowest BCUT2D eigenvalue weighted by Gasteiger charge is -2.34. The minimum absolute atomic E-state index is 0.383. The van der Waals surface area contributed by atoms with Gasteiger partial charge in [0, 0.05) is 5.02 Å². The number of hydrogen-bond donors (Lipinski definition) is 1. The van der Waals surface area contributed by atoms with Crippen LogP contribution in [0.3, 0.4) is 0 Å². The summed E-state index contributed by atoms with van der Waals surface area (Å²) < 4.78 is 0. The van der Waals surface area contributed by atoms with Gasteiger partial charge in [-0.15, -0.1) is 0 Å². The molecule has 1 aromatic rings. The van der Waals surface area contributed by atoms with Gasteiger partial charge in [-0.05, 0) is 29.9 Å². The molecule has 1 aromatic carbocycles. The fourth-order valence-corrected chi connectivity index (χ4v) is 3.35. The van der Waals surface area contributed by atoms with E-state index in [2.05, 4.69) is 6.92 Å². The number of benzene rings is 1. The largest absolute Gasteiger partial charge is 0.388 e. The van der Waals surface area contributed by atoms with Crippen molar-refractivity contribution in [2.75, 3.05) is 0 Å². The van der Waals surface area contributed by atoms with Crippen LogP contribution >= 0.6 is 11.6 Å². The van der Waals surface area contributed by atoms with Crippen molar-refractivity contribution in [3.05, 3.63) is 34.9 Å². The molecular weight excluding hydrogens is 232 g/mol. The van der Waals surface area contributed by atoms with E-state index in [0.717, 1.165) is 18.4 Å². The van der Waals surface area contributed by atoms with Crippen LogP contribution in [0.1, 0.15) is 50.7 Å². The summed E-state index contributed by atoms with van der Waals surface area (Å²) in [5.41, 5.74) is 0.902. The molecule has 0 spiro atoms. The van der Waals surface area contributed by atoms with Crippen molar-refractivity contribution < 1.29 is 5.11 Å². The van der Waals surface area contributed by atoms with Gasteiger partial charge >= 0.3 is 0 Å². The summed E-state index contributed by atoms with van der Waals surface area (Å²) in [5.74, 6) is 1.03. The Bertz CT molecular complexity index is 364. The quantitative estimate of drug-likeness (QED) is 0.834. The van der Waals surface area contributed by atoms with E-state index in [1.54, 1.807) is 0 Å². The smallest absolute Gasteiger partial charge is 0.0835 e. The van der Waals surface area contributed by atoms with Crippen LogP contribution in [0.4, 0.5) is 0 Å². The molecule has 1 fully saturated rings. The van der Waals surface area contributed by atoms with E-state index in [1.165, 1.54) is 19.3 Å². The van der Waals surface area contributed by atoms with Crippen LogP contribution in [0.2, 0.25) is 5.02 Å². The first-order valence-corrected chi connectivity index (χ1v) is 7.04. The number of rotatable bonds is 3. The average Bonchev–Trinajstić information content (AvgIpc) is 2.38. The zero-order valence-corrected chi connectivity index (χ0v) is 11.2. The molecule has 2 rings (SSSR count). The Labute approximate surface area is 109 Å². The standard InChI is InChI=1S/C15H21ClO/c1-2-11-7-3-4-8-12(11)15(17)13-9-5-6-10-14(13)16/h5-6,9-12,15,17H,2-4,7-8H2,1H3. The molecule has 1 nitrogen and oxygen atoms in total. The number of hydrogen-bond acceptors (Lipinski definition) is 1. The topological polar surface area (TPSA) is 20.2 Å². The molecule has 0 radical (unpaired) electrons. The zero-order chi connectivity index (χ0) is 12.3. The highest BCUT2D eigenvalue weighted by molar-refractivity contribution is 6.31. The highest BCUT2D eigenvalue weighted by Crippen LogP contribution is 2.41. The second-order valence-electron chi connectivity index (χ2n) is 5.08. The van der Waals surface area contributed by atoms with Gasteiger partial charge in [-0.1, -0.05) is 62.4 Å². The van der Waals surface area contributed by atoms with Crippen molar-refractivity contribution in [3.8, 4) is 0 Å². The molecule has 0 heterocycles. The molecule has 3 atom stereocenters. The molecule has 1 aliphatic carbocycles. The van der Waals surface area contributed by atoms with Gasteiger partial charge in [0.05, 0.1) is 6.10 Å². The molecule has 1 saturated carbocycles. The van der Waals surface area contributed by atoms with Crippen molar-refractivity contribution in [2.24, 2.45) is 11.8 Å². The minimum Gasteiger partial charge on any atom is -0.388 e. The van der Waals surface area contributed by atoms with E-state index in [1.807, 2.05) is 24.3 Å². The molecular formula is C15H21ClO. The van der Waals surface area contributed by atoms with Gasteiger partial charge in [-0.25, -0.2) is 0 Å². The Balaban J connectivity index is 2.18. The molecule has 94 valence electrons. The van der Waals surface area contributed by atoms with Crippen LogP contribution in [0.15, 0.2) is 24.3 Å². The maximum atomic E-state index is 10.5. The van der Waals surface area contributed by atoms with Gasteiger partial charge in [-0.3, -0.25) is 0 Å². The zero-order valence-electron chi connectivity index (χ0n) is 10.4. The third-order valence-corrected chi connectivity index (χ3v) is 4.47. The summed E-state index contributed by atoms with van der Waals surface area (Å²) in [4.78, 5) is 0. The number of aliphatic hydroxyl groups excluding tert-OH is 1. The first kappa shape index (κ1) is 12.9. The SMILES string of the molecule is CCC1CCCCC1C(O)c1ccccc1Cl. The van der Waals surface area contributed by atoms with Crippen LogP contribution in [0, 0.1) is 11.8 Å². The van der Waals surface area contributed by atoms with E-state index >= 15 is 0 Å². The van der Waals surface area contributed by atoms with E-state index in [0.29, 0.717) is 16.9 Å². The van der Waals surface area contributed by atoms with Crippen molar-refractivity contribution in [1.29, 1.82) is 0 Å². The van der Waals surface area contributed by atoms with Crippen LogP contribution in [0.25, 0.3) is 0 Å². The second-order valence-corrected chi connectivity index (χ2v) is 5.49. The molecule has 0 saturated heterocycles. The molecule has 2 heteroatoms. The Morgan fingerprint density at radius 3 is 2.71 bits per heavy atom. The highest BCUT2D eigenvalue weighted by atomic mass is 35.5. The summed E-state index contributed by atoms with van der Waals surface area (Å²) >= 11 is 6.17. The Morgan fingerprint density at radius 1 is 1.29 bits per heavy atom. The summed E-state index contributed by atoms with van der Waals surface area (Å²) in [6.07, 6.45) is 5.70. The van der Waals surface area contributed by atoms with Crippen LogP contribution in [-0.2, 0) is 0 Å². The van der Waals surface area contributed by atoms with Crippen LogP contribution in [0.5, 0.6) is 0 Å². The summed E-state index contributed by atoms with van der Waals surface area (Å²) in [5, 5.41) is 11.2. The monoisotopic (exact) mass is 252 g/mol. The summed E-state index contributed by atoms with van der Waals surface area (Å²) in [6, 6.07) is 7.68. The second kappa shape index (κ2) is 5.88. The van der Waals surface area contributed by atoms with Crippen LogP contribution < -0.4 is 0 Å². The Kier molecular flexibility index (Phi) is 4.47. The van der Waals surface area contributed by atoms with E-state index < -0.39 is 6.10 Å². The fourth-order valence-electron chi connectivity index (χ4n) is 3.10. The molecule has 0 aliphatic heterocycles. The molecule has 3 unspecified atom stereocenters. The maximum Gasteiger partial charge on any atom is 0.0835 e. The van der Waals surface area contributed by atoms with E-state index in [9.17, 15) is 5.11 Å². The lowest BCUT2D eigenvalue weighted by atomic mass is 9.73. The van der Waals surface area contributed by atoms with Gasteiger partial charge in [0.15, 0.2) is 0 Å². The van der Waals surface area contributed by atoms with Crippen LogP contribution in [-0.4, -0.2) is 5.11 Å². The third kappa shape index (κ3) is 2.83. The summed E-state index contributed by atoms with van der Waals surface area (Å²) in [7, 11) is 0. The molecule has 17 heavy (non-hydrogen) atoms. The van der Waals surface area contributed by atoms with Gasteiger partial charge in [0.2, 0.25) is 0 Å². The molecule has 1 N–H and O–H groups in total. The Hall–Kier alpha value is -0.530. The van der Waals surface area contributed by atoms with Crippen molar-refractivity contribution >= 4 is 11.6 Å². The number of aliphatic hydroxyl groups is 1. The lowest BCUT2D eigenvalue weighted by Crippen LogP contribution is -2.25. The first-order valence-electron chi connectivity index (χ1n) is 6.66. The molecule has 0 aromatic heterocycles. The molecule has 1 aliphatic rings. The normalized spacial score (nSPS) is 26.8. The third-order valence-electron chi connectivity index (χ3n) is 4.12. The maximum absolute atomic E-state index is 10.5. The molecule has 0 amide bonds. The fraction of sp³-hybridized carbons (Fsp3) is 0.600. The van der Waals surface area contributed by atoms with Crippen molar-refractivity contribution in [2.45, 2.75) is 45.1 Å². The van der Waals surface area contributed by atoms with Gasteiger partial charge in [0.25, 0.3) is 0 Å². The predicted molar refractivity (Wildman–Crippen MR) is 72.2 cm³/mol. The van der Waals surface area contributed by atoms with E-state index in [4.69, 9.17) is 11.6 Å². The minimum atomic E-state index is -0.394. The van der Waals surface area contributed by atoms with Gasteiger partial charge < -0.3 is 5.11 Å². The molecule has 0 bridgehead atoms. The average molecular weight is 253 g/mol. The van der Waals surface area contributed by atoms with Gasteiger partial charge in [-0.2, -0.15) is 0 Å². The lowest BCUT2D eigenvalue weighted by molar-refractivity contribution is 0.0453. The Morgan fingerprint density at radius 2 is 2.00 bits per heavy atom. The van der Waals surface area contributed by atoms with Crippen molar-refractivity contribution in [3.63, 3.8) is 0 Å². The number of halogens is 1. The van der Waals surface area contributed by atoms with E-state index in [-0.39, 0.29) is 0 Å². The summed E-state index contributed by atoms with van der Waals surface area (Å²) in [6.45, 7) is 2.22. The highest BCUT2D eigenvalue weighted by Gasteiger charge is 2.31. The van der Waals surface area contributed by atoms with Crippen molar-refractivity contribution in [1.82, 2.24) is 0 Å². The predicted octanol–water partition coefficient (Wildman–Crippen LogP) is 4.59. The first-order chi connectivity index (χ1) is 8.24. The van der Waals surface area contributed by atoms with Gasteiger partial charge in [0.1, 0.15) is 0 Å².